The standard InChI is InChI=1S/C25H27N5O4/c1-16-7-6-8-21(25(32)28-13-4-5-14-28)22(16)26-24(31)20-11-9-19(10-12-20)15-29-18(3)23(30(33)34)17(2)27-29/h6-12H,4-5,13-15H2,1-3H3,(H,26,31). The SMILES string of the molecule is Cc1cccc(C(=O)N2CCCC2)c1NC(=O)c1ccc(Cn2nc(C)c([N+](=O)[O-])c2C)cc1. The fourth-order valence-corrected chi connectivity index (χ4v) is 4.33. The zero-order valence-corrected chi connectivity index (χ0v) is 19.5. The fraction of sp³-hybridized carbons (Fsp3) is 0.320. The molecule has 2 amide bonds. The van der Waals surface area contributed by atoms with Crippen molar-refractivity contribution in [3.8, 4) is 0 Å². The zero-order chi connectivity index (χ0) is 24.4. The minimum Gasteiger partial charge on any atom is -0.339 e. The van der Waals surface area contributed by atoms with Gasteiger partial charge in [0.2, 0.25) is 0 Å². The molecule has 1 saturated heterocycles. The van der Waals surface area contributed by atoms with Crippen molar-refractivity contribution in [1.29, 1.82) is 0 Å². The van der Waals surface area contributed by atoms with Crippen LogP contribution in [0.15, 0.2) is 42.5 Å². The number of carbonyl (C=O) groups is 2. The number of amides is 2. The third-order valence-corrected chi connectivity index (χ3v) is 6.21. The van der Waals surface area contributed by atoms with Crippen LogP contribution in [-0.2, 0) is 6.54 Å². The lowest BCUT2D eigenvalue weighted by Crippen LogP contribution is -2.29. The Labute approximate surface area is 197 Å². The van der Waals surface area contributed by atoms with Gasteiger partial charge in [0, 0.05) is 18.7 Å². The molecule has 1 fully saturated rings. The normalized spacial score (nSPS) is 13.2. The second-order valence-corrected chi connectivity index (χ2v) is 8.58. The van der Waals surface area contributed by atoms with E-state index in [0.29, 0.717) is 34.7 Å². The Balaban J connectivity index is 1.51. The fourth-order valence-electron chi connectivity index (χ4n) is 4.33. The lowest BCUT2D eigenvalue weighted by atomic mass is 10.1. The summed E-state index contributed by atoms with van der Waals surface area (Å²) in [5.74, 6) is -0.371. The molecule has 1 aliphatic rings. The summed E-state index contributed by atoms with van der Waals surface area (Å²) < 4.78 is 1.59. The predicted molar refractivity (Wildman–Crippen MR) is 128 cm³/mol. The van der Waals surface area contributed by atoms with E-state index in [1.165, 1.54) is 0 Å². The Morgan fingerprint density at radius 2 is 1.74 bits per heavy atom. The van der Waals surface area contributed by atoms with E-state index < -0.39 is 4.92 Å². The van der Waals surface area contributed by atoms with Crippen LogP contribution in [0.2, 0.25) is 0 Å². The maximum Gasteiger partial charge on any atom is 0.312 e. The van der Waals surface area contributed by atoms with Crippen molar-refractivity contribution >= 4 is 23.2 Å². The maximum atomic E-state index is 13.0. The van der Waals surface area contributed by atoms with Crippen LogP contribution in [0.25, 0.3) is 0 Å². The maximum absolute atomic E-state index is 13.0. The first-order valence-electron chi connectivity index (χ1n) is 11.2. The summed E-state index contributed by atoms with van der Waals surface area (Å²) in [4.78, 5) is 38.6. The highest BCUT2D eigenvalue weighted by Crippen LogP contribution is 2.25. The molecule has 0 unspecified atom stereocenters. The first-order valence-corrected chi connectivity index (χ1v) is 11.2. The summed E-state index contributed by atoms with van der Waals surface area (Å²) >= 11 is 0. The lowest BCUT2D eigenvalue weighted by molar-refractivity contribution is -0.386. The van der Waals surface area contributed by atoms with E-state index in [4.69, 9.17) is 0 Å². The molecule has 0 atom stereocenters. The number of benzene rings is 2. The number of nitro groups is 1. The Bertz CT molecular complexity index is 1260. The van der Waals surface area contributed by atoms with Gasteiger partial charge in [-0.3, -0.25) is 24.4 Å². The number of aromatic nitrogens is 2. The van der Waals surface area contributed by atoms with Crippen molar-refractivity contribution in [1.82, 2.24) is 14.7 Å². The van der Waals surface area contributed by atoms with Gasteiger partial charge in [-0.25, -0.2) is 0 Å². The van der Waals surface area contributed by atoms with Crippen LogP contribution in [0, 0.1) is 30.9 Å². The highest BCUT2D eigenvalue weighted by atomic mass is 16.6. The molecule has 3 aromatic rings. The summed E-state index contributed by atoms with van der Waals surface area (Å²) in [6.45, 7) is 6.98. The van der Waals surface area contributed by atoms with Gasteiger partial charge in [-0.2, -0.15) is 5.10 Å². The molecule has 0 aliphatic carbocycles. The van der Waals surface area contributed by atoms with Crippen molar-refractivity contribution in [3.05, 3.63) is 86.2 Å². The van der Waals surface area contributed by atoms with Crippen LogP contribution in [0.1, 0.15) is 56.1 Å². The highest BCUT2D eigenvalue weighted by Gasteiger charge is 2.24. The number of anilines is 1. The Morgan fingerprint density at radius 1 is 1.06 bits per heavy atom. The second kappa shape index (κ2) is 9.46. The molecule has 176 valence electrons. The summed E-state index contributed by atoms with van der Waals surface area (Å²) in [5.41, 5.74) is 4.04. The van der Waals surface area contributed by atoms with E-state index in [1.54, 1.807) is 48.9 Å². The molecule has 0 radical (unpaired) electrons. The molecule has 2 heterocycles. The molecule has 4 rings (SSSR count). The summed E-state index contributed by atoms with van der Waals surface area (Å²) in [7, 11) is 0. The van der Waals surface area contributed by atoms with Crippen LogP contribution in [0.3, 0.4) is 0 Å². The molecule has 0 saturated carbocycles. The molecule has 0 spiro atoms. The number of nitrogens with one attached hydrogen (secondary N) is 1. The van der Waals surface area contributed by atoms with Gasteiger partial charge in [0.15, 0.2) is 0 Å². The average Bonchev–Trinajstić information content (AvgIpc) is 3.43. The zero-order valence-electron chi connectivity index (χ0n) is 19.5. The molecule has 1 N–H and O–H groups in total. The first-order chi connectivity index (χ1) is 16.3. The summed E-state index contributed by atoms with van der Waals surface area (Å²) in [6.07, 6.45) is 1.99. The van der Waals surface area contributed by atoms with E-state index in [9.17, 15) is 19.7 Å². The van der Waals surface area contributed by atoms with E-state index >= 15 is 0 Å². The van der Waals surface area contributed by atoms with Gasteiger partial charge < -0.3 is 10.2 Å². The predicted octanol–water partition coefficient (Wildman–Crippen LogP) is 4.25. The summed E-state index contributed by atoms with van der Waals surface area (Å²) in [5, 5.41) is 18.4. The lowest BCUT2D eigenvalue weighted by Gasteiger charge is -2.19. The Kier molecular flexibility index (Phi) is 6.45. The minimum absolute atomic E-state index is 0.0218. The Morgan fingerprint density at radius 3 is 2.35 bits per heavy atom. The van der Waals surface area contributed by atoms with Gasteiger partial charge in [0.05, 0.1) is 22.7 Å². The van der Waals surface area contributed by atoms with E-state index in [0.717, 1.165) is 37.1 Å². The second-order valence-electron chi connectivity index (χ2n) is 8.58. The van der Waals surface area contributed by atoms with Gasteiger partial charge in [0.25, 0.3) is 11.8 Å². The molecular formula is C25H27N5O4. The number of hydrogen-bond acceptors (Lipinski definition) is 5. The summed E-state index contributed by atoms with van der Waals surface area (Å²) in [6, 6.07) is 12.4. The third kappa shape index (κ3) is 4.54. The topological polar surface area (TPSA) is 110 Å². The van der Waals surface area contributed by atoms with Crippen molar-refractivity contribution in [2.45, 2.75) is 40.2 Å². The van der Waals surface area contributed by atoms with E-state index in [2.05, 4.69) is 10.4 Å². The van der Waals surface area contributed by atoms with Crippen LogP contribution in [-0.4, -0.2) is 44.5 Å². The number of carbonyl (C=O) groups excluding carboxylic acids is 2. The van der Waals surface area contributed by atoms with E-state index in [-0.39, 0.29) is 17.5 Å². The van der Waals surface area contributed by atoms with Crippen molar-refractivity contribution in [2.75, 3.05) is 18.4 Å². The molecule has 1 aromatic heterocycles. The van der Waals surface area contributed by atoms with Crippen molar-refractivity contribution in [3.63, 3.8) is 0 Å². The highest BCUT2D eigenvalue weighted by molar-refractivity contribution is 6.09. The van der Waals surface area contributed by atoms with Crippen LogP contribution in [0.5, 0.6) is 0 Å². The molecule has 9 heteroatoms. The van der Waals surface area contributed by atoms with Crippen LogP contribution < -0.4 is 5.32 Å². The number of hydrogen-bond donors (Lipinski definition) is 1. The molecule has 1 aliphatic heterocycles. The Hall–Kier alpha value is -4.01. The van der Waals surface area contributed by atoms with Gasteiger partial charge >= 0.3 is 5.69 Å². The van der Waals surface area contributed by atoms with Gasteiger partial charge in [-0.15, -0.1) is 0 Å². The largest absolute Gasteiger partial charge is 0.339 e. The minimum atomic E-state index is -0.421. The molecule has 2 aromatic carbocycles. The number of nitrogens with zero attached hydrogens (tertiary/aromatic N) is 4. The number of aryl methyl sites for hydroxylation is 2. The van der Waals surface area contributed by atoms with Gasteiger partial charge in [-0.1, -0.05) is 24.3 Å². The molecule has 0 bridgehead atoms. The monoisotopic (exact) mass is 461 g/mol. The number of likely N-dealkylation sites (tertiary alicyclic amines) is 1. The van der Waals surface area contributed by atoms with Crippen LogP contribution >= 0.6 is 0 Å². The number of para-hydroxylation sites is 1. The number of rotatable bonds is 6. The third-order valence-electron chi connectivity index (χ3n) is 6.21. The van der Waals surface area contributed by atoms with Gasteiger partial charge in [-0.05, 0) is 62.9 Å². The quantitative estimate of drug-likeness (QED) is 0.436. The van der Waals surface area contributed by atoms with E-state index in [1.807, 2.05) is 24.0 Å². The smallest absolute Gasteiger partial charge is 0.312 e. The first kappa shape index (κ1) is 23.2. The molecular weight excluding hydrogens is 434 g/mol. The van der Waals surface area contributed by atoms with Crippen LogP contribution in [0.4, 0.5) is 11.4 Å². The van der Waals surface area contributed by atoms with Gasteiger partial charge in [0.1, 0.15) is 11.4 Å². The molecule has 34 heavy (non-hydrogen) atoms. The average molecular weight is 462 g/mol. The molecule has 9 nitrogen and oxygen atoms in total. The van der Waals surface area contributed by atoms with Crippen molar-refractivity contribution < 1.29 is 14.5 Å². The van der Waals surface area contributed by atoms with Crippen molar-refractivity contribution in [2.24, 2.45) is 0 Å².